The van der Waals surface area contributed by atoms with E-state index in [4.69, 9.17) is 4.74 Å². The van der Waals surface area contributed by atoms with E-state index >= 15 is 0 Å². The molecule has 1 amide bonds. The molecule has 1 aromatic heterocycles. The molecule has 1 aliphatic heterocycles. The zero-order valence-electron chi connectivity index (χ0n) is 16.8. The lowest BCUT2D eigenvalue weighted by atomic mass is 10.2. The third-order valence-electron chi connectivity index (χ3n) is 4.76. The number of benzene rings is 1. The predicted octanol–water partition coefficient (Wildman–Crippen LogP) is 2.71. The quantitative estimate of drug-likeness (QED) is 0.666. The van der Waals surface area contributed by atoms with Crippen LogP contribution in [0, 0.1) is 0 Å². The van der Waals surface area contributed by atoms with Gasteiger partial charge in [-0.25, -0.2) is 4.98 Å². The first kappa shape index (κ1) is 20.5. The fraction of sp³-hybridized carbons (Fsp3) is 0.429. The minimum Gasteiger partial charge on any atom is -0.497 e. The van der Waals surface area contributed by atoms with E-state index in [0.717, 1.165) is 41.8 Å². The van der Waals surface area contributed by atoms with E-state index in [-0.39, 0.29) is 5.91 Å². The molecule has 6 nitrogen and oxygen atoms in total. The summed E-state index contributed by atoms with van der Waals surface area (Å²) in [4.78, 5) is 23.9. The molecule has 0 N–H and O–H groups in total. The summed E-state index contributed by atoms with van der Waals surface area (Å²) < 4.78 is 5.32. The predicted molar refractivity (Wildman–Crippen MR) is 115 cm³/mol. The van der Waals surface area contributed by atoms with E-state index in [2.05, 4.69) is 20.9 Å². The summed E-state index contributed by atoms with van der Waals surface area (Å²) in [5, 5.41) is 0.824. The van der Waals surface area contributed by atoms with Crippen LogP contribution in [0.1, 0.15) is 10.4 Å². The van der Waals surface area contributed by atoms with Crippen molar-refractivity contribution in [2.24, 2.45) is 0 Å². The number of anilines is 1. The number of pyridine rings is 1. The van der Waals surface area contributed by atoms with Crippen molar-refractivity contribution in [3.05, 3.63) is 48.2 Å². The second-order valence-corrected chi connectivity index (χ2v) is 8.07. The third kappa shape index (κ3) is 5.17. The van der Waals surface area contributed by atoms with Gasteiger partial charge in [0.2, 0.25) is 0 Å². The van der Waals surface area contributed by atoms with Gasteiger partial charge in [-0.3, -0.25) is 4.79 Å². The van der Waals surface area contributed by atoms with Crippen LogP contribution in [0.25, 0.3) is 0 Å². The Morgan fingerprint density at radius 3 is 2.68 bits per heavy atom. The number of ether oxygens (including phenoxy) is 1. The van der Waals surface area contributed by atoms with Crippen LogP contribution in [0.15, 0.2) is 47.6 Å². The number of carbonyl (C=O) groups is 1. The highest BCUT2D eigenvalue weighted by molar-refractivity contribution is 7.99. The Kier molecular flexibility index (Phi) is 7.17. The first-order valence-electron chi connectivity index (χ1n) is 9.49. The summed E-state index contributed by atoms with van der Waals surface area (Å²) in [6, 6.07) is 11.8. The minimum absolute atomic E-state index is 0.0748. The van der Waals surface area contributed by atoms with Gasteiger partial charge >= 0.3 is 0 Å². The standard InChI is InChI=1S/C21H28N4O2S/c1-23(2)14-15-28-20-19(8-5-9-22-20)21(26)25-12-10-24(11-13-25)17-6-4-7-18(16-17)27-3/h4-9,16H,10-15H2,1-3H3. The molecule has 2 aromatic rings. The maximum Gasteiger partial charge on any atom is 0.256 e. The van der Waals surface area contributed by atoms with E-state index in [9.17, 15) is 4.79 Å². The fourth-order valence-electron chi connectivity index (χ4n) is 3.14. The average molecular weight is 401 g/mol. The van der Waals surface area contributed by atoms with E-state index in [0.29, 0.717) is 18.7 Å². The van der Waals surface area contributed by atoms with Gasteiger partial charge in [-0.1, -0.05) is 6.07 Å². The molecule has 7 heteroatoms. The average Bonchev–Trinajstić information content (AvgIpc) is 2.73. The smallest absolute Gasteiger partial charge is 0.256 e. The van der Waals surface area contributed by atoms with Crippen LogP contribution in [0.2, 0.25) is 0 Å². The van der Waals surface area contributed by atoms with Crippen LogP contribution >= 0.6 is 11.8 Å². The summed E-state index contributed by atoms with van der Waals surface area (Å²) in [5.41, 5.74) is 1.84. The number of carbonyl (C=O) groups excluding carboxylic acids is 1. The van der Waals surface area contributed by atoms with Crippen molar-refractivity contribution in [3.63, 3.8) is 0 Å². The first-order valence-corrected chi connectivity index (χ1v) is 10.5. The Labute approximate surface area is 171 Å². The Morgan fingerprint density at radius 2 is 1.96 bits per heavy atom. The monoisotopic (exact) mass is 400 g/mol. The Hall–Kier alpha value is -2.25. The van der Waals surface area contributed by atoms with Crippen molar-refractivity contribution in [1.82, 2.24) is 14.8 Å². The van der Waals surface area contributed by atoms with Gasteiger partial charge in [0.05, 0.1) is 12.7 Å². The second-order valence-electron chi connectivity index (χ2n) is 6.99. The number of nitrogens with zero attached hydrogens (tertiary/aromatic N) is 4. The summed E-state index contributed by atoms with van der Waals surface area (Å²) in [5.74, 6) is 1.84. The van der Waals surface area contributed by atoms with Crippen LogP contribution in [0.4, 0.5) is 5.69 Å². The van der Waals surface area contributed by atoms with Gasteiger partial charge in [-0.05, 0) is 38.4 Å². The van der Waals surface area contributed by atoms with E-state index < -0.39 is 0 Å². The molecule has 0 unspecified atom stereocenters. The lowest BCUT2D eigenvalue weighted by molar-refractivity contribution is 0.0742. The lowest BCUT2D eigenvalue weighted by Crippen LogP contribution is -2.49. The molecule has 2 heterocycles. The largest absolute Gasteiger partial charge is 0.497 e. The van der Waals surface area contributed by atoms with Crippen LogP contribution in [-0.4, -0.2) is 80.4 Å². The molecule has 0 saturated carbocycles. The molecule has 1 saturated heterocycles. The Balaban J connectivity index is 1.62. The van der Waals surface area contributed by atoms with Crippen LogP contribution < -0.4 is 9.64 Å². The molecule has 1 fully saturated rings. The van der Waals surface area contributed by atoms with E-state index in [1.807, 2.05) is 49.3 Å². The summed E-state index contributed by atoms with van der Waals surface area (Å²) in [7, 11) is 5.78. The summed E-state index contributed by atoms with van der Waals surface area (Å²) >= 11 is 1.64. The van der Waals surface area contributed by atoms with E-state index in [1.54, 1.807) is 25.1 Å². The summed E-state index contributed by atoms with van der Waals surface area (Å²) in [6.07, 6.45) is 1.76. The number of rotatable bonds is 7. The van der Waals surface area contributed by atoms with E-state index in [1.165, 1.54) is 0 Å². The number of amides is 1. The van der Waals surface area contributed by atoms with Crippen molar-refractivity contribution in [2.75, 3.05) is 64.6 Å². The van der Waals surface area contributed by atoms with Crippen molar-refractivity contribution in [1.29, 1.82) is 0 Å². The molecule has 0 aliphatic carbocycles. The zero-order chi connectivity index (χ0) is 19.9. The molecule has 0 spiro atoms. The molecule has 150 valence electrons. The molecule has 0 atom stereocenters. The van der Waals surface area contributed by atoms with Gasteiger partial charge in [0.1, 0.15) is 10.8 Å². The zero-order valence-corrected chi connectivity index (χ0v) is 17.6. The highest BCUT2D eigenvalue weighted by atomic mass is 32.2. The Bertz CT molecular complexity index is 791. The highest BCUT2D eigenvalue weighted by Gasteiger charge is 2.24. The van der Waals surface area contributed by atoms with Crippen LogP contribution in [-0.2, 0) is 0 Å². The maximum absolute atomic E-state index is 13.1. The first-order chi connectivity index (χ1) is 13.6. The number of thioether (sulfide) groups is 1. The van der Waals surface area contributed by atoms with Crippen molar-refractivity contribution in [3.8, 4) is 5.75 Å². The van der Waals surface area contributed by atoms with Gasteiger partial charge in [0, 0.05) is 56.4 Å². The Morgan fingerprint density at radius 1 is 1.18 bits per heavy atom. The number of hydrogen-bond donors (Lipinski definition) is 0. The highest BCUT2D eigenvalue weighted by Crippen LogP contribution is 2.24. The van der Waals surface area contributed by atoms with Crippen molar-refractivity contribution >= 4 is 23.4 Å². The number of hydrogen-bond acceptors (Lipinski definition) is 6. The van der Waals surface area contributed by atoms with Crippen molar-refractivity contribution in [2.45, 2.75) is 5.03 Å². The topological polar surface area (TPSA) is 48.9 Å². The lowest BCUT2D eigenvalue weighted by Gasteiger charge is -2.36. The molecule has 1 aromatic carbocycles. The maximum atomic E-state index is 13.1. The molecule has 0 bridgehead atoms. The van der Waals surface area contributed by atoms with Gasteiger partial charge in [0.15, 0.2) is 0 Å². The van der Waals surface area contributed by atoms with Crippen LogP contribution in [0.3, 0.4) is 0 Å². The second kappa shape index (κ2) is 9.80. The SMILES string of the molecule is COc1cccc(N2CCN(C(=O)c3cccnc3SCCN(C)C)CC2)c1. The number of methoxy groups -OCH3 is 1. The molecule has 3 rings (SSSR count). The van der Waals surface area contributed by atoms with Gasteiger partial charge in [-0.2, -0.15) is 0 Å². The van der Waals surface area contributed by atoms with Gasteiger partial charge < -0.3 is 19.4 Å². The van der Waals surface area contributed by atoms with Crippen molar-refractivity contribution < 1.29 is 9.53 Å². The third-order valence-corrected chi connectivity index (χ3v) is 5.75. The van der Waals surface area contributed by atoms with Crippen LogP contribution in [0.5, 0.6) is 5.75 Å². The molecule has 1 aliphatic rings. The number of aromatic nitrogens is 1. The molecular weight excluding hydrogens is 372 g/mol. The molecule has 28 heavy (non-hydrogen) atoms. The fourth-order valence-corrected chi connectivity index (χ4v) is 4.23. The molecular formula is C21H28N4O2S. The minimum atomic E-state index is 0.0748. The van der Waals surface area contributed by atoms with Gasteiger partial charge in [-0.15, -0.1) is 11.8 Å². The molecule has 0 radical (unpaired) electrons. The summed E-state index contributed by atoms with van der Waals surface area (Å²) in [6.45, 7) is 3.97. The normalized spacial score (nSPS) is 14.4. The number of piperazine rings is 1. The van der Waals surface area contributed by atoms with Gasteiger partial charge in [0.25, 0.3) is 5.91 Å².